The standard InChI is InChI=1S/C21H29N5O/c1-4-5-6-20(27)26-13-11-25(12-14-26)19-15-17(3)22-21(24-19)23-18-9-7-16(2)8-10-18/h7-10,15H,4-6,11-14H2,1-3H3,(H,22,23,24). The van der Waals surface area contributed by atoms with Gasteiger partial charge in [0.1, 0.15) is 5.82 Å². The van der Waals surface area contributed by atoms with Crippen molar-refractivity contribution in [1.29, 1.82) is 0 Å². The van der Waals surface area contributed by atoms with E-state index in [4.69, 9.17) is 4.98 Å². The number of nitrogens with zero attached hydrogens (tertiary/aromatic N) is 4. The number of nitrogens with one attached hydrogen (secondary N) is 1. The third kappa shape index (κ3) is 5.18. The molecule has 0 radical (unpaired) electrons. The fourth-order valence-electron chi connectivity index (χ4n) is 3.21. The van der Waals surface area contributed by atoms with E-state index in [0.29, 0.717) is 12.4 Å². The molecule has 1 N–H and O–H groups in total. The molecular formula is C21H29N5O. The maximum Gasteiger partial charge on any atom is 0.229 e. The Bertz CT molecular complexity index is 767. The summed E-state index contributed by atoms with van der Waals surface area (Å²) in [7, 11) is 0. The van der Waals surface area contributed by atoms with Crippen molar-refractivity contribution in [2.45, 2.75) is 40.0 Å². The van der Waals surface area contributed by atoms with Gasteiger partial charge in [0.05, 0.1) is 0 Å². The van der Waals surface area contributed by atoms with Crippen LogP contribution in [0.15, 0.2) is 30.3 Å². The van der Waals surface area contributed by atoms with Crippen LogP contribution in [0, 0.1) is 13.8 Å². The first-order valence-corrected chi connectivity index (χ1v) is 9.77. The van der Waals surface area contributed by atoms with E-state index in [1.165, 1.54) is 5.56 Å². The van der Waals surface area contributed by atoms with Crippen LogP contribution >= 0.6 is 0 Å². The molecule has 0 atom stereocenters. The number of aryl methyl sites for hydroxylation is 2. The molecule has 0 spiro atoms. The zero-order valence-electron chi connectivity index (χ0n) is 16.5. The van der Waals surface area contributed by atoms with E-state index in [0.717, 1.165) is 56.2 Å². The van der Waals surface area contributed by atoms with Crippen molar-refractivity contribution in [3.8, 4) is 0 Å². The van der Waals surface area contributed by atoms with Crippen molar-refractivity contribution in [3.63, 3.8) is 0 Å². The number of hydrogen-bond donors (Lipinski definition) is 1. The van der Waals surface area contributed by atoms with Crippen LogP contribution in [-0.2, 0) is 4.79 Å². The van der Waals surface area contributed by atoms with Gasteiger partial charge >= 0.3 is 0 Å². The van der Waals surface area contributed by atoms with E-state index in [2.05, 4.69) is 41.2 Å². The lowest BCUT2D eigenvalue weighted by molar-refractivity contribution is -0.131. The Labute approximate surface area is 161 Å². The molecule has 6 nitrogen and oxygen atoms in total. The van der Waals surface area contributed by atoms with Crippen LogP contribution in [0.1, 0.15) is 37.4 Å². The number of unbranched alkanes of at least 4 members (excludes halogenated alkanes) is 1. The van der Waals surface area contributed by atoms with E-state index in [9.17, 15) is 4.79 Å². The average Bonchev–Trinajstić information content (AvgIpc) is 2.67. The minimum absolute atomic E-state index is 0.275. The van der Waals surface area contributed by atoms with Gasteiger partial charge in [-0.2, -0.15) is 4.98 Å². The number of anilines is 3. The molecule has 1 aromatic heterocycles. The molecule has 3 rings (SSSR count). The molecule has 0 unspecified atom stereocenters. The van der Waals surface area contributed by atoms with Crippen LogP contribution in [0.5, 0.6) is 0 Å². The summed E-state index contributed by atoms with van der Waals surface area (Å²) in [4.78, 5) is 25.6. The molecule has 0 bridgehead atoms. The molecule has 6 heteroatoms. The molecule has 1 aliphatic heterocycles. The highest BCUT2D eigenvalue weighted by Gasteiger charge is 2.22. The van der Waals surface area contributed by atoms with Crippen molar-refractivity contribution in [3.05, 3.63) is 41.6 Å². The van der Waals surface area contributed by atoms with Gasteiger partial charge in [0.15, 0.2) is 0 Å². The molecular weight excluding hydrogens is 338 g/mol. The monoisotopic (exact) mass is 367 g/mol. The van der Waals surface area contributed by atoms with E-state index in [-0.39, 0.29) is 5.91 Å². The molecule has 1 saturated heterocycles. The molecule has 0 saturated carbocycles. The Morgan fingerprint density at radius 1 is 1.07 bits per heavy atom. The Morgan fingerprint density at radius 2 is 1.78 bits per heavy atom. The summed E-state index contributed by atoms with van der Waals surface area (Å²) in [6.07, 6.45) is 2.69. The van der Waals surface area contributed by atoms with Gasteiger partial charge in [-0.3, -0.25) is 4.79 Å². The van der Waals surface area contributed by atoms with Crippen molar-refractivity contribution < 1.29 is 4.79 Å². The van der Waals surface area contributed by atoms with Gasteiger partial charge in [-0.05, 0) is 32.4 Å². The van der Waals surface area contributed by atoms with E-state index < -0.39 is 0 Å². The number of carbonyl (C=O) groups excluding carboxylic acids is 1. The highest BCUT2D eigenvalue weighted by atomic mass is 16.2. The summed E-state index contributed by atoms with van der Waals surface area (Å²) in [5, 5.41) is 3.29. The summed E-state index contributed by atoms with van der Waals surface area (Å²) in [6.45, 7) is 9.29. The number of benzene rings is 1. The Morgan fingerprint density at radius 3 is 2.44 bits per heavy atom. The zero-order valence-corrected chi connectivity index (χ0v) is 16.5. The maximum absolute atomic E-state index is 12.2. The summed E-state index contributed by atoms with van der Waals surface area (Å²) in [5.41, 5.74) is 3.12. The molecule has 1 fully saturated rings. The van der Waals surface area contributed by atoms with Crippen LogP contribution < -0.4 is 10.2 Å². The summed E-state index contributed by atoms with van der Waals surface area (Å²) < 4.78 is 0. The topological polar surface area (TPSA) is 61.4 Å². The number of aromatic nitrogens is 2. The molecule has 144 valence electrons. The van der Waals surface area contributed by atoms with Crippen LogP contribution in [0.25, 0.3) is 0 Å². The highest BCUT2D eigenvalue weighted by molar-refractivity contribution is 5.76. The minimum Gasteiger partial charge on any atom is -0.353 e. The van der Waals surface area contributed by atoms with Gasteiger partial charge < -0.3 is 15.1 Å². The lowest BCUT2D eigenvalue weighted by Crippen LogP contribution is -2.49. The summed E-state index contributed by atoms with van der Waals surface area (Å²) in [5.74, 6) is 1.80. The quantitative estimate of drug-likeness (QED) is 0.844. The molecule has 27 heavy (non-hydrogen) atoms. The van der Waals surface area contributed by atoms with Gasteiger partial charge in [0.2, 0.25) is 11.9 Å². The van der Waals surface area contributed by atoms with Crippen molar-refractivity contribution in [2.24, 2.45) is 0 Å². The second-order valence-electron chi connectivity index (χ2n) is 7.15. The van der Waals surface area contributed by atoms with Gasteiger partial charge in [0.25, 0.3) is 0 Å². The van der Waals surface area contributed by atoms with Crippen molar-refractivity contribution >= 4 is 23.4 Å². The largest absolute Gasteiger partial charge is 0.353 e. The molecule has 1 aliphatic rings. The smallest absolute Gasteiger partial charge is 0.229 e. The van der Waals surface area contributed by atoms with Crippen LogP contribution in [0.2, 0.25) is 0 Å². The van der Waals surface area contributed by atoms with Gasteiger partial charge in [0, 0.05) is 50.0 Å². The maximum atomic E-state index is 12.2. The second-order valence-corrected chi connectivity index (χ2v) is 7.15. The molecule has 1 amide bonds. The Balaban J connectivity index is 1.64. The summed E-state index contributed by atoms with van der Waals surface area (Å²) >= 11 is 0. The molecule has 2 aromatic rings. The van der Waals surface area contributed by atoms with Crippen LogP contribution in [0.4, 0.5) is 17.5 Å². The zero-order chi connectivity index (χ0) is 19.2. The number of piperazine rings is 1. The fraction of sp³-hybridized carbons (Fsp3) is 0.476. The number of carbonyl (C=O) groups is 1. The van der Waals surface area contributed by atoms with Crippen molar-refractivity contribution in [2.75, 3.05) is 36.4 Å². The average molecular weight is 367 g/mol. The molecule has 2 heterocycles. The number of amides is 1. The molecule has 0 aliphatic carbocycles. The molecule has 1 aromatic carbocycles. The third-order valence-corrected chi connectivity index (χ3v) is 4.85. The van der Waals surface area contributed by atoms with Gasteiger partial charge in [-0.1, -0.05) is 31.0 Å². The predicted octanol–water partition coefficient (Wildman–Crippen LogP) is 3.68. The van der Waals surface area contributed by atoms with Gasteiger partial charge in [-0.25, -0.2) is 4.98 Å². The first-order valence-electron chi connectivity index (χ1n) is 9.77. The number of rotatable bonds is 6. The van der Waals surface area contributed by atoms with E-state index in [1.54, 1.807) is 0 Å². The Hall–Kier alpha value is -2.63. The van der Waals surface area contributed by atoms with Crippen molar-refractivity contribution in [1.82, 2.24) is 14.9 Å². The fourth-order valence-corrected chi connectivity index (χ4v) is 3.21. The van der Waals surface area contributed by atoms with E-state index >= 15 is 0 Å². The summed E-state index contributed by atoms with van der Waals surface area (Å²) in [6, 6.07) is 10.2. The number of hydrogen-bond acceptors (Lipinski definition) is 5. The minimum atomic E-state index is 0.275. The second kappa shape index (κ2) is 8.84. The first kappa shape index (κ1) is 19.1. The normalized spacial score (nSPS) is 14.3. The van der Waals surface area contributed by atoms with Crippen LogP contribution in [0.3, 0.4) is 0 Å². The van der Waals surface area contributed by atoms with Crippen LogP contribution in [-0.4, -0.2) is 47.0 Å². The third-order valence-electron chi connectivity index (χ3n) is 4.85. The van der Waals surface area contributed by atoms with E-state index in [1.807, 2.05) is 30.0 Å². The lowest BCUT2D eigenvalue weighted by Gasteiger charge is -2.35. The van der Waals surface area contributed by atoms with Gasteiger partial charge in [-0.15, -0.1) is 0 Å². The highest BCUT2D eigenvalue weighted by Crippen LogP contribution is 2.20. The Kier molecular flexibility index (Phi) is 6.27. The first-order chi connectivity index (χ1) is 13.0. The predicted molar refractivity (Wildman–Crippen MR) is 110 cm³/mol. The lowest BCUT2D eigenvalue weighted by atomic mass is 10.2. The SMILES string of the molecule is CCCCC(=O)N1CCN(c2cc(C)nc(Nc3ccc(C)cc3)n2)CC1.